The summed E-state index contributed by atoms with van der Waals surface area (Å²) in [6.07, 6.45) is -0.771. The van der Waals surface area contributed by atoms with Crippen molar-refractivity contribution in [1.82, 2.24) is 5.32 Å². The number of rotatable bonds is 7. The average Bonchev–Trinajstić information content (AvgIpc) is 2.89. The van der Waals surface area contributed by atoms with Crippen molar-refractivity contribution in [3.05, 3.63) is 87.8 Å². The van der Waals surface area contributed by atoms with Crippen LogP contribution in [-0.4, -0.2) is 33.1 Å². The van der Waals surface area contributed by atoms with E-state index >= 15 is 0 Å². The Morgan fingerprint density at radius 3 is 2.47 bits per heavy atom. The third-order valence-corrected chi connectivity index (χ3v) is 5.76. The first-order valence-electron chi connectivity index (χ1n) is 11.2. The number of hydrogen-bond acceptors (Lipinski definition) is 7. The second-order valence-corrected chi connectivity index (χ2v) is 8.10. The number of aryl methyl sites for hydroxylation is 1. The Hall–Kier alpha value is -4.59. The Balaban J connectivity index is 1.66. The number of methoxy groups -OCH3 is 2. The molecule has 1 N–H and O–H groups in total. The van der Waals surface area contributed by atoms with Crippen LogP contribution in [0.1, 0.15) is 21.5 Å². The summed E-state index contributed by atoms with van der Waals surface area (Å²) in [6.45, 7) is 1.77. The Bertz CT molecular complexity index is 1520. The SMILES string of the molecule is CNC(=O)Oc1cc2oc(=O)c(CC(=O)c3ccc(OC)c(-c4cccc(OC)c4)c3)cc2cc1C. The molecule has 0 unspecified atom stereocenters. The van der Waals surface area contributed by atoms with Crippen LogP contribution in [0.2, 0.25) is 0 Å². The lowest BCUT2D eigenvalue weighted by Gasteiger charge is -2.12. The van der Waals surface area contributed by atoms with Gasteiger partial charge in [0.1, 0.15) is 22.8 Å². The number of nitrogens with one attached hydrogen (secondary N) is 1. The van der Waals surface area contributed by atoms with Crippen LogP contribution in [0.3, 0.4) is 0 Å². The smallest absolute Gasteiger partial charge is 0.412 e. The van der Waals surface area contributed by atoms with Crippen LogP contribution >= 0.6 is 0 Å². The zero-order valence-electron chi connectivity index (χ0n) is 20.3. The molecular weight excluding hydrogens is 462 g/mol. The van der Waals surface area contributed by atoms with E-state index in [4.69, 9.17) is 18.6 Å². The minimum absolute atomic E-state index is 0.141. The van der Waals surface area contributed by atoms with Gasteiger partial charge >= 0.3 is 11.7 Å². The topological polar surface area (TPSA) is 104 Å². The van der Waals surface area contributed by atoms with Crippen molar-refractivity contribution in [2.24, 2.45) is 0 Å². The van der Waals surface area contributed by atoms with Gasteiger partial charge in [-0.2, -0.15) is 0 Å². The Morgan fingerprint density at radius 2 is 1.75 bits per heavy atom. The molecule has 1 heterocycles. The summed E-state index contributed by atoms with van der Waals surface area (Å²) in [7, 11) is 4.60. The van der Waals surface area contributed by atoms with Crippen molar-refractivity contribution in [2.45, 2.75) is 13.3 Å². The van der Waals surface area contributed by atoms with E-state index in [9.17, 15) is 14.4 Å². The van der Waals surface area contributed by atoms with Crippen LogP contribution in [0.5, 0.6) is 17.2 Å². The molecule has 0 spiro atoms. The van der Waals surface area contributed by atoms with Gasteiger partial charge in [0.15, 0.2) is 5.78 Å². The van der Waals surface area contributed by atoms with Crippen molar-refractivity contribution in [3.8, 4) is 28.4 Å². The fourth-order valence-electron chi connectivity index (χ4n) is 3.86. The van der Waals surface area contributed by atoms with Crippen molar-refractivity contribution >= 4 is 22.8 Å². The van der Waals surface area contributed by atoms with Gasteiger partial charge in [-0.3, -0.25) is 4.79 Å². The van der Waals surface area contributed by atoms with Crippen LogP contribution in [0.15, 0.2) is 69.9 Å². The largest absolute Gasteiger partial charge is 0.497 e. The maximum absolute atomic E-state index is 13.2. The Morgan fingerprint density at radius 1 is 0.944 bits per heavy atom. The predicted octanol–water partition coefficient (Wildman–Crippen LogP) is 4.93. The Labute approximate surface area is 207 Å². The molecule has 1 aromatic heterocycles. The first-order chi connectivity index (χ1) is 17.3. The molecule has 0 fully saturated rings. The van der Waals surface area contributed by atoms with E-state index in [2.05, 4.69) is 5.32 Å². The van der Waals surface area contributed by atoms with Crippen LogP contribution in [0.4, 0.5) is 4.79 Å². The molecule has 0 atom stereocenters. The highest BCUT2D eigenvalue weighted by atomic mass is 16.6. The second-order valence-electron chi connectivity index (χ2n) is 8.10. The number of benzene rings is 3. The first kappa shape index (κ1) is 24.5. The van der Waals surface area contributed by atoms with Gasteiger partial charge in [-0.05, 0) is 60.5 Å². The Kier molecular flexibility index (Phi) is 7.05. The predicted molar refractivity (Wildman–Crippen MR) is 135 cm³/mol. The van der Waals surface area contributed by atoms with Gasteiger partial charge in [-0.25, -0.2) is 9.59 Å². The molecule has 4 rings (SSSR count). The van der Waals surface area contributed by atoms with Crippen molar-refractivity contribution in [1.29, 1.82) is 0 Å². The lowest BCUT2D eigenvalue weighted by atomic mass is 9.97. The maximum Gasteiger partial charge on any atom is 0.412 e. The van der Waals surface area contributed by atoms with E-state index in [1.807, 2.05) is 24.3 Å². The number of hydrogen-bond donors (Lipinski definition) is 1. The number of Topliss-reactive ketones (excluding diaryl/α,β-unsaturated/α-hetero) is 1. The van der Waals surface area contributed by atoms with E-state index in [0.717, 1.165) is 11.1 Å². The number of carbonyl (C=O) groups is 2. The summed E-state index contributed by atoms with van der Waals surface area (Å²) in [5, 5.41) is 2.99. The van der Waals surface area contributed by atoms with Gasteiger partial charge in [-0.1, -0.05) is 12.1 Å². The number of ketones is 1. The first-order valence-corrected chi connectivity index (χ1v) is 11.2. The van der Waals surface area contributed by atoms with Gasteiger partial charge in [0, 0.05) is 41.6 Å². The zero-order valence-corrected chi connectivity index (χ0v) is 20.3. The summed E-state index contributed by atoms with van der Waals surface area (Å²) in [5.74, 6) is 1.32. The molecule has 0 aliphatic carbocycles. The molecule has 4 aromatic rings. The quantitative estimate of drug-likeness (QED) is 0.291. The lowest BCUT2D eigenvalue weighted by molar-refractivity contribution is 0.0992. The molecule has 3 aromatic carbocycles. The van der Waals surface area contributed by atoms with Crippen molar-refractivity contribution in [2.75, 3.05) is 21.3 Å². The summed E-state index contributed by atoms with van der Waals surface area (Å²) in [5.41, 5.74) is 2.51. The molecule has 36 heavy (non-hydrogen) atoms. The van der Waals surface area contributed by atoms with Gasteiger partial charge in [0.05, 0.1) is 14.2 Å². The summed E-state index contributed by atoms with van der Waals surface area (Å²) >= 11 is 0. The molecule has 0 saturated heterocycles. The van der Waals surface area contributed by atoms with E-state index < -0.39 is 11.7 Å². The van der Waals surface area contributed by atoms with Crippen molar-refractivity contribution in [3.63, 3.8) is 0 Å². The molecule has 0 bridgehead atoms. The molecule has 8 heteroatoms. The maximum atomic E-state index is 13.2. The number of ether oxygens (including phenoxy) is 3. The second kappa shape index (κ2) is 10.4. The third-order valence-electron chi connectivity index (χ3n) is 5.76. The van der Waals surface area contributed by atoms with Gasteiger partial charge in [0.2, 0.25) is 0 Å². The van der Waals surface area contributed by atoms with Crippen LogP contribution in [0, 0.1) is 6.92 Å². The standard InChI is InChI=1S/C28H25NO7/c1-16-10-19-11-20(27(31)35-26(19)15-25(16)36-28(32)29-2)14-23(30)18-8-9-24(34-4)22(13-18)17-6-5-7-21(12-17)33-3/h5-13,15H,14H2,1-4H3,(H,29,32). The molecule has 1 amide bonds. The number of amides is 1. The lowest BCUT2D eigenvalue weighted by Crippen LogP contribution is -2.22. The number of carbonyl (C=O) groups excluding carboxylic acids is 2. The molecule has 8 nitrogen and oxygen atoms in total. The molecule has 0 radical (unpaired) electrons. The average molecular weight is 488 g/mol. The van der Waals surface area contributed by atoms with E-state index in [0.29, 0.717) is 28.0 Å². The normalized spacial score (nSPS) is 10.7. The van der Waals surface area contributed by atoms with Crippen LogP contribution < -0.4 is 25.2 Å². The van der Waals surface area contributed by atoms with E-state index in [1.54, 1.807) is 51.5 Å². The molecule has 0 aliphatic rings. The molecule has 0 saturated carbocycles. The van der Waals surface area contributed by atoms with Gasteiger partial charge in [0.25, 0.3) is 0 Å². The summed E-state index contributed by atoms with van der Waals surface area (Å²) in [4.78, 5) is 37.4. The minimum Gasteiger partial charge on any atom is -0.497 e. The van der Waals surface area contributed by atoms with Gasteiger partial charge < -0.3 is 23.9 Å². The molecular formula is C28H25NO7. The number of fused-ring (bicyclic) bond motifs is 1. The fraction of sp³-hybridized carbons (Fsp3) is 0.179. The summed E-state index contributed by atoms with van der Waals surface area (Å²) in [6, 6.07) is 17.4. The van der Waals surface area contributed by atoms with Crippen LogP contribution in [0.25, 0.3) is 22.1 Å². The summed E-state index contributed by atoms with van der Waals surface area (Å²) < 4.78 is 21.4. The highest BCUT2D eigenvalue weighted by molar-refractivity contribution is 5.99. The highest BCUT2D eigenvalue weighted by Crippen LogP contribution is 2.33. The monoisotopic (exact) mass is 487 g/mol. The van der Waals surface area contributed by atoms with Crippen LogP contribution in [-0.2, 0) is 6.42 Å². The van der Waals surface area contributed by atoms with E-state index in [-0.39, 0.29) is 29.1 Å². The zero-order chi connectivity index (χ0) is 25.8. The van der Waals surface area contributed by atoms with E-state index in [1.165, 1.54) is 13.1 Å². The third kappa shape index (κ3) is 5.07. The van der Waals surface area contributed by atoms with Gasteiger partial charge in [-0.15, -0.1) is 0 Å². The molecule has 0 aliphatic heterocycles. The van der Waals surface area contributed by atoms with Crippen molar-refractivity contribution < 1.29 is 28.2 Å². The minimum atomic E-state index is -0.632. The fourth-order valence-corrected chi connectivity index (χ4v) is 3.86. The molecule has 184 valence electrons. The highest BCUT2D eigenvalue weighted by Gasteiger charge is 2.17.